The fourth-order valence-corrected chi connectivity index (χ4v) is 9.94. The Kier molecular flexibility index (Phi) is 20.7. The van der Waals surface area contributed by atoms with E-state index in [1.807, 2.05) is 19.0 Å². The predicted molar refractivity (Wildman–Crippen MR) is 228 cm³/mol. The Morgan fingerprint density at radius 2 is 1.30 bits per heavy atom. The first kappa shape index (κ1) is 47.0. The molecule has 5 rings (SSSR count). The Bertz CT molecular complexity index is 1340. The van der Waals surface area contributed by atoms with Crippen molar-refractivity contribution in [1.29, 1.82) is 0 Å². The van der Waals surface area contributed by atoms with Crippen LogP contribution in [0.3, 0.4) is 0 Å². The summed E-state index contributed by atoms with van der Waals surface area (Å²) in [6.07, 6.45) is 21.1. The minimum Gasteiger partial charge on any atom is -0.385 e. The van der Waals surface area contributed by atoms with E-state index in [0.29, 0.717) is 56.9 Å². The summed E-state index contributed by atoms with van der Waals surface area (Å²) < 4.78 is 14.3. The van der Waals surface area contributed by atoms with Crippen LogP contribution in [-0.2, 0) is 10.4 Å². The smallest absolute Gasteiger partial charge is 0.317 e. The molecule has 5 amide bonds. The number of carbonyl (C=O) groups is 3. The Hall–Kier alpha value is -2.67. The van der Waals surface area contributed by atoms with Crippen molar-refractivity contribution in [2.45, 2.75) is 147 Å². The second kappa shape index (κ2) is 25.1. The van der Waals surface area contributed by atoms with Gasteiger partial charge >= 0.3 is 12.1 Å². The Labute approximate surface area is 347 Å². The first-order valence-electron chi connectivity index (χ1n) is 22.3. The van der Waals surface area contributed by atoms with Gasteiger partial charge in [-0.3, -0.25) is 4.79 Å². The molecular formula is C44H75ClFN7O4. The molecule has 2 aliphatic heterocycles. The molecule has 57 heavy (non-hydrogen) atoms. The van der Waals surface area contributed by atoms with E-state index in [4.69, 9.17) is 11.6 Å². The number of nitrogens with zero attached hydrogens (tertiary/aromatic N) is 2. The summed E-state index contributed by atoms with van der Waals surface area (Å²) in [6, 6.07) is 4.54. The van der Waals surface area contributed by atoms with Crippen LogP contribution in [0.1, 0.15) is 134 Å². The molecule has 2 aliphatic carbocycles. The summed E-state index contributed by atoms with van der Waals surface area (Å²) in [5.74, 6) is 0.521. The van der Waals surface area contributed by atoms with Crippen LogP contribution in [0.15, 0.2) is 18.2 Å². The zero-order valence-corrected chi connectivity index (χ0v) is 36.1. The van der Waals surface area contributed by atoms with Gasteiger partial charge in [0.15, 0.2) is 0 Å². The van der Waals surface area contributed by atoms with Crippen molar-refractivity contribution in [3.8, 4) is 0 Å². The number of amides is 5. The molecular weight excluding hydrogens is 745 g/mol. The van der Waals surface area contributed by atoms with E-state index in [1.165, 1.54) is 89.7 Å². The maximum absolute atomic E-state index is 14.3. The number of halogens is 2. The topological polar surface area (TPSA) is 138 Å². The number of likely N-dealkylation sites (tertiary alicyclic amines) is 2. The molecule has 0 radical (unpaired) electrons. The lowest BCUT2D eigenvalue weighted by Crippen LogP contribution is -2.54. The summed E-state index contributed by atoms with van der Waals surface area (Å²) in [5, 5.41) is 27.9. The minimum absolute atomic E-state index is 0.0551. The highest BCUT2D eigenvalue weighted by Crippen LogP contribution is 2.40. The number of piperidine rings is 2. The highest BCUT2D eigenvalue weighted by Gasteiger charge is 2.42. The molecule has 0 spiro atoms. The number of benzene rings is 1. The summed E-state index contributed by atoms with van der Waals surface area (Å²) >= 11 is 6.16. The Morgan fingerprint density at radius 1 is 0.772 bits per heavy atom. The normalized spacial score (nSPS) is 21.7. The molecule has 2 heterocycles. The lowest BCUT2D eigenvalue weighted by molar-refractivity contribution is -0.119. The third-order valence-electron chi connectivity index (χ3n) is 12.7. The van der Waals surface area contributed by atoms with Crippen LogP contribution in [0.2, 0.25) is 5.02 Å². The van der Waals surface area contributed by atoms with E-state index in [9.17, 15) is 23.9 Å². The standard InChI is InChI=1S/C28H44ClFN4O3.C16H31N3O/c1-20(35)32-12-7-11-28(37,23-15-24(29)17-25(30)16-23)22-10-6-13-34(19-22)27(36)33-26(18-31-2)14-21-8-4-3-5-9-21;1-17-13-15(12-14-8-4-2-5-9-14)18-16(20)19-10-6-3-7-11-19/h15-17,21-22,26,31,37H,3-14,18-19H2,1-2H3,(H,32,35)(H,33,36);14-15,17H,2-13H2,1H3,(H,18,20)/t22-,26+,28+;15-/m10/s1. The third-order valence-corrected chi connectivity index (χ3v) is 13.0. The molecule has 0 aromatic heterocycles. The van der Waals surface area contributed by atoms with Gasteiger partial charge in [-0.05, 0) is 107 Å². The van der Waals surface area contributed by atoms with Crippen LogP contribution in [-0.4, -0.2) is 105 Å². The van der Waals surface area contributed by atoms with Gasteiger partial charge in [0, 0.05) is 75.8 Å². The molecule has 0 unspecified atom stereocenters. The number of aliphatic hydroxyl groups is 1. The van der Waals surface area contributed by atoms with Crippen LogP contribution in [0.25, 0.3) is 0 Å². The number of carbonyl (C=O) groups excluding carboxylic acids is 3. The number of hydrogen-bond donors (Lipinski definition) is 6. The van der Waals surface area contributed by atoms with Gasteiger partial charge < -0.3 is 41.5 Å². The largest absolute Gasteiger partial charge is 0.385 e. The number of likely N-dealkylation sites (N-methyl/N-ethyl adjacent to an activating group) is 2. The van der Waals surface area contributed by atoms with Crippen molar-refractivity contribution < 1.29 is 23.9 Å². The Balaban J connectivity index is 0.000000302. The molecule has 13 heteroatoms. The quantitative estimate of drug-likeness (QED) is 0.0969. The number of rotatable bonds is 16. The highest BCUT2D eigenvalue weighted by molar-refractivity contribution is 6.30. The molecule has 324 valence electrons. The molecule has 4 fully saturated rings. The molecule has 2 saturated carbocycles. The lowest BCUT2D eigenvalue weighted by Gasteiger charge is -2.43. The highest BCUT2D eigenvalue weighted by atomic mass is 35.5. The van der Waals surface area contributed by atoms with Crippen molar-refractivity contribution >= 4 is 29.6 Å². The molecule has 2 saturated heterocycles. The van der Waals surface area contributed by atoms with E-state index in [2.05, 4.69) is 26.6 Å². The fourth-order valence-electron chi connectivity index (χ4n) is 9.72. The first-order valence-corrected chi connectivity index (χ1v) is 22.7. The molecule has 1 aromatic rings. The van der Waals surface area contributed by atoms with Crippen LogP contribution in [0.5, 0.6) is 0 Å². The predicted octanol–water partition coefficient (Wildman–Crippen LogP) is 7.30. The van der Waals surface area contributed by atoms with Crippen LogP contribution in [0.4, 0.5) is 14.0 Å². The number of nitrogens with one attached hydrogen (secondary N) is 5. The summed E-state index contributed by atoms with van der Waals surface area (Å²) in [5.41, 5.74) is -0.965. The average molecular weight is 821 g/mol. The minimum atomic E-state index is -1.38. The summed E-state index contributed by atoms with van der Waals surface area (Å²) in [4.78, 5) is 40.8. The van der Waals surface area contributed by atoms with Crippen molar-refractivity contribution in [2.75, 3.05) is 59.9 Å². The summed E-state index contributed by atoms with van der Waals surface area (Å²) in [7, 11) is 3.88. The zero-order valence-electron chi connectivity index (χ0n) is 35.3. The fraction of sp³-hybridized carbons (Fsp3) is 0.795. The molecule has 4 atom stereocenters. The van der Waals surface area contributed by atoms with E-state index in [1.54, 1.807) is 11.0 Å². The molecule has 4 aliphatic rings. The maximum Gasteiger partial charge on any atom is 0.317 e. The van der Waals surface area contributed by atoms with Gasteiger partial charge in [-0.25, -0.2) is 14.0 Å². The van der Waals surface area contributed by atoms with Crippen molar-refractivity contribution in [1.82, 2.24) is 36.4 Å². The van der Waals surface area contributed by atoms with Crippen LogP contribution >= 0.6 is 11.6 Å². The van der Waals surface area contributed by atoms with E-state index in [0.717, 1.165) is 57.7 Å². The van der Waals surface area contributed by atoms with Gasteiger partial charge in [0.1, 0.15) is 5.82 Å². The first-order chi connectivity index (χ1) is 27.5. The Morgan fingerprint density at radius 3 is 1.82 bits per heavy atom. The van der Waals surface area contributed by atoms with Gasteiger partial charge in [-0.15, -0.1) is 0 Å². The second-order valence-corrected chi connectivity index (χ2v) is 17.8. The molecule has 1 aromatic carbocycles. The van der Waals surface area contributed by atoms with Crippen LogP contribution in [0, 0.1) is 23.6 Å². The molecule has 0 bridgehead atoms. The lowest BCUT2D eigenvalue weighted by atomic mass is 9.74. The van der Waals surface area contributed by atoms with E-state index >= 15 is 0 Å². The van der Waals surface area contributed by atoms with Gasteiger partial charge in [0.05, 0.1) is 5.60 Å². The van der Waals surface area contributed by atoms with E-state index in [-0.39, 0.29) is 41.0 Å². The van der Waals surface area contributed by atoms with Gasteiger partial charge in [0.25, 0.3) is 0 Å². The number of hydrogen-bond acceptors (Lipinski definition) is 6. The number of urea groups is 2. The second-order valence-electron chi connectivity index (χ2n) is 17.4. The third kappa shape index (κ3) is 16.1. The van der Waals surface area contributed by atoms with Crippen molar-refractivity contribution in [3.63, 3.8) is 0 Å². The zero-order chi connectivity index (χ0) is 41.0. The van der Waals surface area contributed by atoms with Gasteiger partial charge in [-0.2, -0.15) is 0 Å². The van der Waals surface area contributed by atoms with Gasteiger partial charge in [-0.1, -0.05) is 75.8 Å². The molecule has 11 nitrogen and oxygen atoms in total. The van der Waals surface area contributed by atoms with Crippen molar-refractivity contribution in [3.05, 3.63) is 34.6 Å². The van der Waals surface area contributed by atoms with Crippen molar-refractivity contribution in [2.24, 2.45) is 17.8 Å². The SMILES string of the molecule is CNC[C@H](CC1CCCCC1)NC(=O)N1CCCCC1.CNC[C@H](CC1CCCCC1)NC(=O)N1CCC[C@@H]([C@@](O)(CCCNC(C)=O)c2cc(F)cc(Cl)c2)C1. The average Bonchev–Trinajstić information content (AvgIpc) is 3.20. The monoisotopic (exact) mass is 820 g/mol. The maximum atomic E-state index is 14.3. The van der Waals surface area contributed by atoms with Crippen LogP contribution < -0.4 is 26.6 Å². The summed E-state index contributed by atoms with van der Waals surface area (Å²) in [6.45, 7) is 6.31. The van der Waals surface area contributed by atoms with Gasteiger partial charge in [0.2, 0.25) is 5.91 Å². The van der Waals surface area contributed by atoms with E-state index < -0.39 is 11.4 Å². The molecule has 6 N–H and O–H groups in total.